The minimum absolute atomic E-state index is 0.0563. The van der Waals surface area contributed by atoms with E-state index in [9.17, 15) is 8.42 Å². The quantitative estimate of drug-likeness (QED) is 0.916. The second-order valence-corrected chi connectivity index (χ2v) is 7.98. The summed E-state index contributed by atoms with van der Waals surface area (Å²) < 4.78 is 24.2. The van der Waals surface area contributed by atoms with Gasteiger partial charge in [-0.2, -0.15) is 5.26 Å². The summed E-state index contributed by atoms with van der Waals surface area (Å²) in [7, 11) is -3.03. The second-order valence-electron chi connectivity index (χ2n) is 4.86. The van der Waals surface area contributed by atoms with E-state index < -0.39 is 9.84 Å². The van der Waals surface area contributed by atoms with Gasteiger partial charge in [0.2, 0.25) is 0 Å². The van der Waals surface area contributed by atoms with Gasteiger partial charge >= 0.3 is 0 Å². The van der Waals surface area contributed by atoms with Crippen molar-refractivity contribution in [3.8, 4) is 6.07 Å². The van der Waals surface area contributed by atoms with Crippen LogP contribution >= 0.6 is 15.9 Å². The van der Waals surface area contributed by atoms with Crippen LogP contribution in [0.1, 0.15) is 24.8 Å². The molecule has 0 spiro atoms. The molecule has 1 aliphatic carbocycles. The average molecular weight is 343 g/mol. The first-order valence-corrected chi connectivity index (χ1v) is 8.81. The molecular formula is C13H15BrN2O2S. The molecule has 1 fully saturated rings. The van der Waals surface area contributed by atoms with E-state index in [0.717, 1.165) is 23.0 Å². The molecule has 1 saturated carbocycles. The first-order chi connectivity index (χ1) is 8.91. The molecule has 2 atom stereocenters. The van der Waals surface area contributed by atoms with Crippen molar-refractivity contribution in [2.75, 3.05) is 11.6 Å². The van der Waals surface area contributed by atoms with Crippen LogP contribution in [0.4, 0.5) is 5.69 Å². The minimum Gasteiger partial charge on any atom is -0.380 e. The van der Waals surface area contributed by atoms with Gasteiger partial charge < -0.3 is 5.32 Å². The van der Waals surface area contributed by atoms with Crippen molar-refractivity contribution in [2.45, 2.75) is 30.6 Å². The van der Waals surface area contributed by atoms with Crippen LogP contribution in [0.3, 0.4) is 0 Å². The van der Waals surface area contributed by atoms with Gasteiger partial charge in [-0.25, -0.2) is 8.42 Å². The smallest absolute Gasteiger partial charge is 0.152 e. The van der Waals surface area contributed by atoms with E-state index >= 15 is 0 Å². The van der Waals surface area contributed by atoms with E-state index in [1.165, 1.54) is 6.26 Å². The van der Waals surface area contributed by atoms with Gasteiger partial charge in [-0.1, -0.05) is 0 Å². The van der Waals surface area contributed by atoms with E-state index in [4.69, 9.17) is 5.26 Å². The summed E-state index contributed by atoms with van der Waals surface area (Å²) in [6.07, 6.45) is 3.78. The lowest BCUT2D eigenvalue weighted by Gasteiger charge is -2.21. The highest BCUT2D eigenvalue weighted by Crippen LogP contribution is 2.31. The molecule has 1 N–H and O–H groups in total. The molecule has 4 nitrogen and oxygen atoms in total. The van der Waals surface area contributed by atoms with Crippen LogP contribution in [-0.4, -0.2) is 26.0 Å². The van der Waals surface area contributed by atoms with Crippen molar-refractivity contribution < 1.29 is 8.42 Å². The molecule has 0 aromatic heterocycles. The number of hydrogen-bond donors (Lipinski definition) is 1. The first-order valence-electron chi connectivity index (χ1n) is 6.07. The van der Waals surface area contributed by atoms with Crippen LogP contribution in [0, 0.1) is 11.3 Å². The molecule has 0 aliphatic heterocycles. The van der Waals surface area contributed by atoms with E-state index in [0.29, 0.717) is 12.0 Å². The first kappa shape index (κ1) is 14.4. The molecule has 19 heavy (non-hydrogen) atoms. The summed E-state index contributed by atoms with van der Waals surface area (Å²) in [5.74, 6) is 0. The number of anilines is 1. The van der Waals surface area contributed by atoms with Crippen molar-refractivity contribution in [3.05, 3.63) is 28.2 Å². The molecule has 0 heterocycles. The fraction of sp³-hybridized carbons (Fsp3) is 0.462. The number of rotatable bonds is 3. The normalized spacial score (nSPS) is 23.0. The molecule has 0 radical (unpaired) electrons. The maximum absolute atomic E-state index is 11.7. The Bertz CT molecular complexity index is 622. The Kier molecular flexibility index (Phi) is 4.16. The zero-order valence-electron chi connectivity index (χ0n) is 10.6. The molecule has 1 aliphatic rings. The Morgan fingerprint density at radius 3 is 2.74 bits per heavy atom. The van der Waals surface area contributed by atoms with Crippen LogP contribution < -0.4 is 5.32 Å². The van der Waals surface area contributed by atoms with Crippen LogP contribution in [0.25, 0.3) is 0 Å². The lowest BCUT2D eigenvalue weighted by molar-refractivity contribution is 0.579. The number of benzene rings is 1. The summed E-state index contributed by atoms with van der Waals surface area (Å²) in [5, 5.41) is 11.8. The molecule has 0 amide bonds. The zero-order chi connectivity index (χ0) is 14.0. The molecule has 1 aromatic rings. The second kappa shape index (κ2) is 5.51. The fourth-order valence-corrected chi connectivity index (χ4v) is 4.39. The molecule has 6 heteroatoms. The number of nitrogens with zero attached hydrogens (tertiary/aromatic N) is 1. The van der Waals surface area contributed by atoms with Gasteiger partial charge in [-0.05, 0) is 53.4 Å². The summed E-state index contributed by atoms with van der Waals surface area (Å²) in [5.41, 5.74) is 1.41. The van der Waals surface area contributed by atoms with Gasteiger partial charge in [0.25, 0.3) is 0 Å². The standard InChI is InChI=1S/C13H15BrN2O2S/c1-19(17,18)13-4-2-3-12(13)16-11-6-5-9(8-15)7-10(11)14/h5-7,12-13,16H,2-4H2,1H3. The topological polar surface area (TPSA) is 70.0 Å². The van der Waals surface area contributed by atoms with Gasteiger partial charge in [-0.15, -0.1) is 0 Å². The molecule has 2 unspecified atom stereocenters. The van der Waals surface area contributed by atoms with Gasteiger partial charge in [0.15, 0.2) is 9.84 Å². The molecule has 0 bridgehead atoms. The lowest BCUT2D eigenvalue weighted by atomic mass is 10.2. The number of nitriles is 1. The molecular weight excluding hydrogens is 328 g/mol. The van der Waals surface area contributed by atoms with Crippen molar-refractivity contribution in [1.82, 2.24) is 0 Å². The van der Waals surface area contributed by atoms with Crippen LogP contribution in [0.2, 0.25) is 0 Å². The van der Waals surface area contributed by atoms with Crippen LogP contribution in [-0.2, 0) is 9.84 Å². The van der Waals surface area contributed by atoms with Gasteiger partial charge in [0.1, 0.15) is 0 Å². The van der Waals surface area contributed by atoms with Crippen LogP contribution in [0.5, 0.6) is 0 Å². The van der Waals surface area contributed by atoms with E-state index in [1.54, 1.807) is 18.2 Å². The molecule has 2 rings (SSSR count). The minimum atomic E-state index is -3.03. The summed E-state index contributed by atoms with van der Waals surface area (Å²) >= 11 is 3.40. The van der Waals surface area contributed by atoms with Gasteiger partial charge in [-0.3, -0.25) is 0 Å². The predicted molar refractivity (Wildman–Crippen MR) is 78.8 cm³/mol. The fourth-order valence-electron chi connectivity index (χ4n) is 2.51. The van der Waals surface area contributed by atoms with E-state index in [2.05, 4.69) is 27.3 Å². The maximum atomic E-state index is 11.7. The van der Waals surface area contributed by atoms with E-state index in [-0.39, 0.29) is 11.3 Å². The number of hydrogen-bond acceptors (Lipinski definition) is 4. The lowest BCUT2D eigenvalue weighted by Crippen LogP contribution is -2.34. The van der Waals surface area contributed by atoms with Gasteiger partial charge in [0.05, 0.1) is 16.9 Å². The monoisotopic (exact) mass is 342 g/mol. The van der Waals surface area contributed by atoms with Crippen molar-refractivity contribution in [1.29, 1.82) is 5.26 Å². The Hall–Kier alpha value is -1.06. The maximum Gasteiger partial charge on any atom is 0.152 e. The van der Waals surface area contributed by atoms with Crippen molar-refractivity contribution in [2.24, 2.45) is 0 Å². The Balaban J connectivity index is 2.20. The molecule has 0 saturated heterocycles. The highest BCUT2D eigenvalue weighted by atomic mass is 79.9. The third kappa shape index (κ3) is 3.28. The summed E-state index contributed by atoms with van der Waals surface area (Å²) in [6.45, 7) is 0. The number of sulfone groups is 1. The van der Waals surface area contributed by atoms with E-state index in [1.807, 2.05) is 0 Å². The molecule has 102 valence electrons. The third-order valence-corrected chi connectivity index (χ3v) is 5.76. The summed E-state index contributed by atoms with van der Waals surface area (Å²) in [4.78, 5) is 0. The van der Waals surface area contributed by atoms with Crippen molar-refractivity contribution >= 4 is 31.5 Å². The Morgan fingerprint density at radius 2 is 2.16 bits per heavy atom. The average Bonchev–Trinajstić information content (AvgIpc) is 2.79. The van der Waals surface area contributed by atoms with Gasteiger partial charge in [0, 0.05) is 22.5 Å². The SMILES string of the molecule is CS(=O)(=O)C1CCCC1Nc1ccc(C#N)cc1Br. The molecule has 1 aromatic carbocycles. The summed E-state index contributed by atoms with van der Waals surface area (Å²) in [6, 6.07) is 7.27. The van der Waals surface area contributed by atoms with Crippen LogP contribution in [0.15, 0.2) is 22.7 Å². The zero-order valence-corrected chi connectivity index (χ0v) is 13.0. The third-order valence-electron chi connectivity index (χ3n) is 3.44. The predicted octanol–water partition coefficient (Wildman–Crippen LogP) is 2.70. The number of nitrogens with one attached hydrogen (secondary N) is 1. The Labute approximate surface area is 121 Å². The number of halogens is 1. The highest BCUT2D eigenvalue weighted by molar-refractivity contribution is 9.10. The van der Waals surface area contributed by atoms with Crippen molar-refractivity contribution in [3.63, 3.8) is 0 Å². The largest absolute Gasteiger partial charge is 0.380 e. The highest BCUT2D eigenvalue weighted by Gasteiger charge is 2.34. The Morgan fingerprint density at radius 1 is 1.42 bits per heavy atom.